The van der Waals surface area contributed by atoms with Crippen LogP contribution in [-0.4, -0.2) is 62.0 Å². The fourth-order valence-electron chi connectivity index (χ4n) is 3.19. The van der Waals surface area contributed by atoms with Gasteiger partial charge in [0.15, 0.2) is 0 Å². The molecule has 2 fully saturated rings. The highest BCUT2D eigenvalue weighted by atomic mass is 32.2. The van der Waals surface area contributed by atoms with E-state index in [2.05, 4.69) is 0 Å². The van der Waals surface area contributed by atoms with Gasteiger partial charge in [0.1, 0.15) is 0 Å². The Morgan fingerprint density at radius 3 is 2.70 bits per heavy atom. The van der Waals surface area contributed by atoms with Gasteiger partial charge < -0.3 is 10.5 Å². The number of nitrogens with zero attached hydrogens (tertiary/aromatic N) is 2. The number of hydrogen-bond acceptors (Lipinski definition) is 4. The highest BCUT2D eigenvalue weighted by molar-refractivity contribution is 7.86. The molecule has 6 nitrogen and oxygen atoms in total. The van der Waals surface area contributed by atoms with Crippen LogP contribution in [0.4, 0.5) is 0 Å². The van der Waals surface area contributed by atoms with Gasteiger partial charge in [0.05, 0.1) is 5.60 Å². The Balaban J connectivity index is 2.16. The SMILES string of the molecule is COC1(C)CCCN(S(=O)(=O)N2CCCCC2CN)C1. The molecule has 7 heteroatoms. The quantitative estimate of drug-likeness (QED) is 0.823. The maximum Gasteiger partial charge on any atom is 0.282 e. The number of methoxy groups -OCH3 is 1. The van der Waals surface area contributed by atoms with E-state index in [1.807, 2.05) is 6.92 Å². The zero-order chi connectivity index (χ0) is 14.8. The molecule has 0 aromatic rings. The number of nitrogens with two attached hydrogens (primary N) is 1. The molecule has 2 heterocycles. The Bertz CT molecular complexity index is 429. The summed E-state index contributed by atoms with van der Waals surface area (Å²) in [5.74, 6) is 0. The summed E-state index contributed by atoms with van der Waals surface area (Å²) in [4.78, 5) is 0. The largest absolute Gasteiger partial charge is 0.377 e. The van der Waals surface area contributed by atoms with Crippen LogP contribution in [0.2, 0.25) is 0 Å². The maximum atomic E-state index is 12.9. The molecule has 2 unspecified atom stereocenters. The van der Waals surface area contributed by atoms with E-state index in [0.717, 1.165) is 32.1 Å². The summed E-state index contributed by atoms with van der Waals surface area (Å²) in [6.45, 7) is 3.97. The van der Waals surface area contributed by atoms with Gasteiger partial charge in [-0.3, -0.25) is 0 Å². The van der Waals surface area contributed by atoms with Crippen molar-refractivity contribution in [3.63, 3.8) is 0 Å². The molecule has 2 aliphatic rings. The molecule has 2 N–H and O–H groups in total. The second-order valence-electron chi connectivity index (χ2n) is 6.09. The van der Waals surface area contributed by atoms with E-state index in [4.69, 9.17) is 10.5 Å². The highest BCUT2D eigenvalue weighted by Gasteiger charge is 2.41. The third-order valence-electron chi connectivity index (χ3n) is 4.58. The third kappa shape index (κ3) is 3.17. The Morgan fingerprint density at radius 2 is 2.05 bits per heavy atom. The maximum absolute atomic E-state index is 12.9. The van der Waals surface area contributed by atoms with Crippen LogP contribution in [0.15, 0.2) is 0 Å². The summed E-state index contributed by atoms with van der Waals surface area (Å²) in [5, 5.41) is 0. The minimum Gasteiger partial charge on any atom is -0.377 e. The van der Waals surface area contributed by atoms with Gasteiger partial charge in [-0.25, -0.2) is 0 Å². The summed E-state index contributed by atoms with van der Waals surface area (Å²) in [6, 6.07) is -0.0514. The smallest absolute Gasteiger partial charge is 0.282 e. The van der Waals surface area contributed by atoms with Gasteiger partial charge in [-0.1, -0.05) is 6.42 Å². The number of piperidine rings is 2. The van der Waals surface area contributed by atoms with Crippen molar-refractivity contribution in [2.24, 2.45) is 5.73 Å². The van der Waals surface area contributed by atoms with Crippen LogP contribution in [0, 0.1) is 0 Å². The molecular formula is C13H27N3O3S. The highest BCUT2D eigenvalue weighted by Crippen LogP contribution is 2.29. The lowest BCUT2D eigenvalue weighted by atomic mass is 9.96. The van der Waals surface area contributed by atoms with Crippen molar-refractivity contribution in [3.8, 4) is 0 Å². The van der Waals surface area contributed by atoms with Gasteiger partial charge in [0.25, 0.3) is 10.2 Å². The zero-order valence-electron chi connectivity index (χ0n) is 12.5. The van der Waals surface area contributed by atoms with Crippen LogP contribution in [0.3, 0.4) is 0 Å². The first-order valence-corrected chi connectivity index (χ1v) is 8.85. The topological polar surface area (TPSA) is 75.9 Å². The number of ether oxygens (including phenoxy) is 1. The lowest BCUT2D eigenvalue weighted by Gasteiger charge is -2.43. The van der Waals surface area contributed by atoms with Crippen LogP contribution in [0.25, 0.3) is 0 Å². The van der Waals surface area contributed by atoms with Crippen LogP contribution in [-0.2, 0) is 14.9 Å². The van der Waals surface area contributed by atoms with E-state index >= 15 is 0 Å². The number of hydrogen-bond donors (Lipinski definition) is 1. The van der Waals surface area contributed by atoms with Crippen molar-refractivity contribution < 1.29 is 13.2 Å². The predicted octanol–water partition coefficient (Wildman–Crippen LogP) is 0.545. The molecular weight excluding hydrogens is 278 g/mol. The Hall–Kier alpha value is -0.210. The van der Waals surface area contributed by atoms with Crippen molar-refractivity contribution in [1.82, 2.24) is 8.61 Å². The molecule has 20 heavy (non-hydrogen) atoms. The average Bonchev–Trinajstić information content (AvgIpc) is 2.47. The Labute approximate surface area is 122 Å². The second-order valence-corrected chi connectivity index (χ2v) is 7.98. The lowest BCUT2D eigenvalue weighted by Crippen LogP contribution is -2.57. The second kappa shape index (κ2) is 6.27. The minimum atomic E-state index is -3.42. The lowest BCUT2D eigenvalue weighted by molar-refractivity contribution is -0.0334. The standard InChI is InChI=1S/C13H27N3O3S/c1-13(19-2)7-5-8-15(11-13)20(17,18)16-9-4-3-6-12(16)10-14/h12H,3-11,14H2,1-2H3. The molecule has 0 radical (unpaired) electrons. The van der Waals surface area contributed by atoms with Crippen molar-refractivity contribution >= 4 is 10.2 Å². The van der Waals surface area contributed by atoms with E-state index < -0.39 is 10.2 Å². The van der Waals surface area contributed by atoms with E-state index in [1.54, 1.807) is 15.7 Å². The average molecular weight is 305 g/mol. The van der Waals surface area contributed by atoms with Gasteiger partial charge in [-0.05, 0) is 32.6 Å². The van der Waals surface area contributed by atoms with Gasteiger partial charge in [-0.2, -0.15) is 17.0 Å². The molecule has 0 spiro atoms. The molecule has 0 aromatic carbocycles. The molecule has 0 saturated carbocycles. The summed E-state index contributed by atoms with van der Waals surface area (Å²) in [5.41, 5.74) is 5.37. The van der Waals surface area contributed by atoms with Crippen molar-refractivity contribution in [3.05, 3.63) is 0 Å². The summed E-state index contributed by atoms with van der Waals surface area (Å²) >= 11 is 0. The molecule has 0 amide bonds. The van der Waals surface area contributed by atoms with Gasteiger partial charge in [-0.15, -0.1) is 0 Å². The normalized spacial score (nSPS) is 34.2. The molecule has 118 valence electrons. The fourth-order valence-corrected chi connectivity index (χ4v) is 5.21. The van der Waals surface area contributed by atoms with Crippen molar-refractivity contribution in [1.29, 1.82) is 0 Å². The molecule has 2 atom stereocenters. The van der Waals surface area contributed by atoms with E-state index in [0.29, 0.717) is 26.2 Å². The first-order chi connectivity index (χ1) is 9.43. The van der Waals surface area contributed by atoms with E-state index in [9.17, 15) is 8.42 Å². The van der Waals surface area contributed by atoms with Crippen LogP contribution < -0.4 is 5.73 Å². The third-order valence-corrected chi connectivity index (χ3v) is 6.62. The van der Waals surface area contributed by atoms with Crippen LogP contribution >= 0.6 is 0 Å². The molecule has 2 saturated heterocycles. The molecule has 0 aromatic heterocycles. The Kier molecular flexibility index (Phi) is 5.07. The van der Waals surface area contributed by atoms with Crippen molar-refractivity contribution in [2.45, 2.75) is 50.7 Å². The minimum absolute atomic E-state index is 0.0514. The summed E-state index contributed by atoms with van der Waals surface area (Å²) in [6.07, 6.45) is 4.58. The fraction of sp³-hybridized carbons (Fsp3) is 1.00. The molecule has 2 rings (SSSR count). The zero-order valence-corrected chi connectivity index (χ0v) is 13.4. The first kappa shape index (κ1) is 16.2. The molecule has 0 aliphatic carbocycles. The van der Waals surface area contributed by atoms with Gasteiger partial charge in [0.2, 0.25) is 0 Å². The number of rotatable bonds is 4. The monoisotopic (exact) mass is 305 g/mol. The van der Waals surface area contributed by atoms with Crippen molar-refractivity contribution in [2.75, 3.05) is 33.3 Å². The molecule has 2 aliphatic heterocycles. The first-order valence-electron chi connectivity index (χ1n) is 7.45. The van der Waals surface area contributed by atoms with Gasteiger partial charge in [0, 0.05) is 39.3 Å². The summed E-state index contributed by atoms with van der Waals surface area (Å²) in [7, 11) is -1.77. The Morgan fingerprint density at radius 1 is 1.30 bits per heavy atom. The summed E-state index contributed by atoms with van der Waals surface area (Å²) < 4.78 is 34.4. The van der Waals surface area contributed by atoms with Crippen LogP contribution in [0.5, 0.6) is 0 Å². The molecule has 0 bridgehead atoms. The predicted molar refractivity (Wildman–Crippen MR) is 78.5 cm³/mol. The van der Waals surface area contributed by atoms with E-state index in [1.165, 1.54) is 0 Å². The van der Waals surface area contributed by atoms with Crippen LogP contribution in [0.1, 0.15) is 39.0 Å². The van der Waals surface area contributed by atoms with Gasteiger partial charge >= 0.3 is 0 Å². The van der Waals surface area contributed by atoms with E-state index in [-0.39, 0.29) is 11.6 Å².